The number of aromatic amines is 1. The van der Waals surface area contributed by atoms with E-state index in [4.69, 9.17) is 4.74 Å². The molecule has 2 amide bonds. The predicted molar refractivity (Wildman–Crippen MR) is 131 cm³/mol. The van der Waals surface area contributed by atoms with Crippen LogP contribution >= 0.6 is 0 Å². The Labute approximate surface area is 199 Å². The normalized spacial score (nSPS) is 25.0. The van der Waals surface area contributed by atoms with E-state index in [-0.39, 0.29) is 18.2 Å². The van der Waals surface area contributed by atoms with Crippen molar-refractivity contribution in [1.82, 2.24) is 14.5 Å². The van der Waals surface area contributed by atoms with Gasteiger partial charge in [-0.1, -0.05) is 36.4 Å². The highest BCUT2D eigenvalue weighted by Crippen LogP contribution is 2.46. The number of rotatable bonds is 1. The molecule has 176 valence electrons. The van der Waals surface area contributed by atoms with E-state index in [0.717, 1.165) is 32.8 Å². The van der Waals surface area contributed by atoms with E-state index >= 15 is 0 Å². The van der Waals surface area contributed by atoms with Gasteiger partial charge in [-0.15, -0.1) is 0 Å². The third-order valence-corrected chi connectivity index (χ3v) is 7.62. The van der Waals surface area contributed by atoms with Crippen molar-refractivity contribution < 1.29 is 24.5 Å². The van der Waals surface area contributed by atoms with E-state index in [2.05, 4.69) is 4.98 Å². The summed E-state index contributed by atoms with van der Waals surface area (Å²) in [4.78, 5) is 31.5. The first-order chi connectivity index (χ1) is 16.9. The van der Waals surface area contributed by atoms with Crippen molar-refractivity contribution in [2.45, 2.75) is 37.9 Å². The highest BCUT2D eigenvalue weighted by molar-refractivity contribution is 6.39. The summed E-state index contributed by atoms with van der Waals surface area (Å²) in [6.07, 6.45) is -2.91. The van der Waals surface area contributed by atoms with E-state index in [0.29, 0.717) is 21.9 Å². The minimum absolute atomic E-state index is 0.185. The van der Waals surface area contributed by atoms with Crippen molar-refractivity contribution in [3.63, 3.8) is 0 Å². The first kappa shape index (κ1) is 20.6. The minimum Gasteiger partial charge on any atom is -0.390 e. The van der Waals surface area contributed by atoms with Gasteiger partial charge in [0.1, 0.15) is 12.3 Å². The number of aliphatic hydroxyl groups is 2. The summed E-state index contributed by atoms with van der Waals surface area (Å²) in [6, 6.07) is 15.4. The molecule has 35 heavy (non-hydrogen) atoms. The van der Waals surface area contributed by atoms with Gasteiger partial charge in [0, 0.05) is 40.5 Å². The lowest BCUT2D eigenvalue weighted by atomic mass is 9.96. The number of hydrogen-bond donors (Lipinski definition) is 3. The van der Waals surface area contributed by atoms with E-state index in [9.17, 15) is 19.8 Å². The number of benzene rings is 3. The fraction of sp³-hybridized carbons (Fsp3) is 0.259. The summed E-state index contributed by atoms with van der Waals surface area (Å²) in [6.45, 7) is 1.74. The first-order valence-electron chi connectivity index (χ1n) is 11.7. The molecule has 4 atom stereocenters. The molecule has 0 bridgehead atoms. The van der Waals surface area contributed by atoms with Gasteiger partial charge in [-0.2, -0.15) is 0 Å². The van der Waals surface area contributed by atoms with Crippen LogP contribution in [0.2, 0.25) is 0 Å². The van der Waals surface area contributed by atoms with Crippen molar-refractivity contribution in [1.29, 1.82) is 0 Å². The fourth-order valence-corrected chi connectivity index (χ4v) is 5.95. The molecular weight excluding hydrogens is 446 g/mol. The lowest BCUT2D eigenvalue weighted by Gasteiger charge is -2.36. The lowest BCUT2D eigenvalue weighted by molar-refractivity contribution is -0.182. The largest absolute Gasteiger partial charge is 0.390 e. The molecule has 5 aromatic rings. The first-order valence-corrected chi connectivity index (χ1v) is 11.7. The molecule has 3 aromatic carbocycles. The predicted octanol–water partition coefficient (Wildman–Crippen LogP) is 3.68. The summed E-state index contributed by atoms with van der Waals surface area (Å²) >= 11 is 0. The van der Waals surface area contributed by atoms with Crippen molar-refractivity contribution in [2.75, 3.05) is 7.05 Å². The Morgan fingerprint density at radius 1 is 0.943 bits per heavy atom. The molecule has 3 N–H and O–H groups in total. The van der Waals surface area contributed by atoms with E-state index in [1.807, 2.05) is 53.1 Å². The average Bonchev–Trinajstić information content (AvgIpc) is 3.47. The SMILES string of the molecule is C[C@@H]1O[C@H](n2c3ccccc3c3c4c(c5c6ccccc6[nH]c5c32)C(=O)N(C)C4=O)C[C@H](O)[C@H]1O. The zero-order valence-electron chi connectivity index (χ0n) is 19.1. The molecule has 1 fully saturated rings. The number of carbonyl (C=O) groups is 2. The van der Waals surface area contributed by atoms with Gasteiger partial charge in [0.2, 0.25) is 0 Å². The maximum absolute atomic E-state index is 13.5. The number of imide groups is 1. The van der Waals surface area contributed by atoms with Crippen molar-refractivity contribution in [2.24, 2.45) is 0 Å². The second kappa shape index (κ2) is 6.91. The maximum atomic E-state index is 13.5. The molecule has 0 aliphatic carbocycles. The second-order valence-corrected chi connectivity index (χ2v) is 9.54. The maximum Gasteiger partial charge on any atom is 0.262 e. The number of aliphatic hydroxyl groups excluding tert-OH is 2. The van der Waals surface area contributed by atoms with E-state index in [1.165, 1.54) is 11.9 Å². The van der Waals surface area contributed by atoms with Gasteiger partial charge >= 0.3 is 0 Å². The quantitative estimate of drug-likeness (QED) is 0.325. The van der Waals surface area contributed by atoms with Gasteiger partial charge in [-0.3, -0.25) is 14.5 Å². The van der Waals surface area contributed by atoms with Gasteiger partial charge in [0.25, 0.3) is 11.8 Å². The molecule has 0 spiro atoms. The zero-order valence-corrected chi connectivity index (χ0v) is 19.1. The molecular formula is C27H23N3O5. The van der Waals surface area contributed by atoms with Crippen LogP contribution in [0, 0.1) is 0 Å². The molecule has 8 nitrogen and oxygen atoms in total. The Balaban J connectivity index is 1.72. The molecule has 2 aromatic heterocycles. The van der Waals surface area contributed by atoms with Gasteiger partial charge in [0.15, 0.2) is 0 Å². The monoisotopic (exact) mass is 469 g/mol. The fourth-order valence-electron chi connectivity index (χ4n) is 5.95. The molecule has 1 saturated heterocycles. The number of fused-ring (bicyclic) bond motifs is 10. The summed E-state index contributed by atoms with van der Waals surface area (Å²) < 4.78 is 8.22. The third-order valence-electron chi connectivity index (χ3n) is 7.62. The van der Waals surface area contributed by atoms with Crippen LogP contribution < -0.4 is 0 Å². The number of hydrogen-bond acceptors (Lipinski definition) is 5. The highest BCUT2D eigenvalue weighted by atomic mass is 16.5. The Morgan fingerprint density at radius 3 is 2.34 bits per heavy atom. The molecule has 0 saturated carbocycles. The van der Waals surface area contributed by atoms with E-state index in [1.54, 1.807) is 6.92 Å². The van der Waals surface area contributed by atoms with Crippen LogP contribution in [0.15, 0.2) is 48.5 Å². The Morgan fingerprint density at radius 2 is 1.60 bits per heavy atom. The molecule has 2 aliphatic rings. The summed E-state index contributed by atoms with van der Waals surface area (Å²) in [5.74, 6) is -0.655. The number of carbonyl (C=O) groups excluding carboxylic acids is 2. The summed E-state index contributed by atoms with van der Waals surface area (Å²) in [5.41, 5.74) is 3.97. The number of para-hydroxylation sites is 2. The van der Waals surface area contributed by atoms with Crippen molar-refractivity contribution in [3.8, 4) is 0 Å². The Kier molecular flexibility index (Phi) is 4.08. The molecule has 7 rings (SSSR count). The van der Waals surface area contributed by atoms with Crippen molar-refractivity contribution in [3.05, 3.63) is 59.7 Å². The average molecular weight is 469 g/mol. The lowest BCUT2D eigenvalue weighted by Crippen LogP contribution is -2.45. The number of nitrogens with one attached hydrogen (secondary N) is 1. The number of ether oxygens (including phenoxy) is 1. The van der Waals surface area contributed by atoms with Gasteiger partial charge < -0.3 is 24.5 Å². The molecule has 0 radical (unpaired) electrons. The smallest absolute Gasteiger partial charge is 0.262 e. The van der Waals surface area contributed by atoms with Gasteiger partial charge in [0.05, 0.1) is 39.9 Å². The molecule has 0 unspecified atom stereocenters. The number of amides is 2. The van der Waals surface area contributed by atoms with Crippen LogP contribution in [0.25, 0.3) is 43.6 Å². The minimum atomic E-state index is -0.982. The van der Waals surface area contributed by atoms with Gasteiger partial charge in [-0.05, 0) is 19.1 Å². The van der Waals surface area contributed by atoms with E-state index < -0.39 is 24.5 Å². The van der Waals surface area contributed by atoms with Gasteiger partial charge in [-0.25, -0.2) is 0 Å². The highest BCUT2D eigenvalue weighted by Gasteiger charge is 2.41. The molecule has 4 heterocycles. The summed E-state index contributed by atoms with van der Waals surface area (Å²) in [5, 5.41) is 24.0. The zero-order chi connectivity index (χ0) is 24.2. The third kappa shape index (κ3) is 2.51. The molecule has 2 aliphatic heterocycles. The van der Waals surface area contributed by atoms with Crippen LogP contribution in [0.4, 0.5) is 0 Å². The van der Waals surface area contributed by atoms with Crippen LogP contribution in [0.5, 0.6) is 0 Å². The Hall–Kier alpha value is -3.72. The van der Waals surface area contributed by atoms with Crippen molar-refractivity contribution >= 4 is 55.4 Å². The topological polar surface area (TPSA) is 108 Å². The van der Waals surface area contributed by atoms with Crippen LogP contribution in [-0.2, 0) is 4.74 Å². The number of nitrogens with zero attached hydrogens (tertiary/aromatic N) is 2. The summed E-state index contributed by atoms with van der Waals surface area (Å²) in [7, 11) is 1.51. The van der Waals surface area contributed by atoms with Crippen LogP contribution in [0.1, 0.15) is 40.3 Å². The van der Waals surface area contributed by atoms with Crippen LogP contribution in [-0.4, -0.2) is 61.8 Å². The standard InChI is InChI=1S/C27H23N3O5/c1-12-25(32)17(31)11-18(35-12)30-16-10-6-4-8-14(16)20-22-21(26(33)29(2)27(22)34)19-13-7-3-5-9-15(13)28-23(19)24(20)30/h3-10,12,17-18,25,28,31-32H,11H2,1-2H3/t12-,17-,18-,25-/m0/s1. The second-order valence-electron chi connectivity index (χ2n) is 9.54. The Bertz CT molecular complexity index is 1720. The number of H-pyrrole nitrogens is 1. The van der Waals surface area contributed by atoms with Crippen LogP contribution in [0.3, 0.4) is 0 Å². The molecule has 8 heteroatoms. The number of aromatic nitrogens is 2.